The molecule has 2 aliphatic rings. The van der Waals surface area contributed by atoms with E-state index in [1.54, 1.807) is 4.90 Å². The highest BCUT2D eigenvalue weighted by molar-refractivity contribution is 7.99. The zero-order valence-corrected chi connectivity index (χ0v) is 15.2. The number of carbonyl (C=O) groups is 1. The Morgan fingerprint density at radius 3 is 2.75 bits per heavy atom. The van der Waals surface area contributed by atoms with Crippen molar-refractivity contribution in [1.82, 2.24) is 9.80 Å². The molecule has 2 heterocycles. The number of anilines is 1. The Hall–Kier alpha value is -1.24. The first kappa shape index (κ1) is 17.6. The van der Waals surface area contributed by atoms with Gasteiger partial charge in [-0.1, -0.05) is 12.1 Å². The van der Waals surface area contributed by atoms with Crippen LogP contribution in [-0.2, 0) is 11.2 Å². The summed E-state index contributed by atoms with van der Waals surface area (Å²) < 4.78 is 5.34. The summed E-state index contributed by atoms with van der Waals surface area (Å²) in [6.45, 7) is 4.91. The number of rotatable bonds is 5. The zero-order chi connectivity index (χ0) is 16.8. The van der Waals surface area contributed by atoms with Gasteiger partial charge in [-0.05, 0) is 30.5 Å². The van der Waals surface area contributed by atoms with Gasteiger partial charge in [0.1, 0.15) is 0 Å². The summed E-state index contributed by atoms with van der Waals surface area (Å²) in [5.74, 6) is 2.51. The predicted molar refractivity (Wildman–Crippen MR) is 99.9 cm³/mol. The molecule has 0 unspecified atom stereocenters. The fraction of sp³-hybridized carbons (Fsp3) is 0.611. The van der Waals surface area contributed by atoms with E-state index in [0.717, 1.165) is 31.7 Å². The summed E-state index contributed by atoms with van der Waals surface area (Å²) in [5.41, 5.74) is 2.17. The van der Waals surface area contributed by atoms with E-state index in [1.165, 1.54) is 30.2 Å². The fourth-order valence-electron chi connectivity index (χ4n) is 3.07. The molecule has 0 saturated carbocycles. The number of ether oxygens (including phenoxy) is 1. The van der Waals surface area contributed by atoms with Crippen LogP contribution in [0.4, 0.5) is 10.5 Å². The molecule has 0 bridgehead atoms. The lowest BCUT2D eigenvalue weighted by Gasteiger charge is -2.26. The molecule has 0 spiro atoms. The molecule has 0 aromatic heterocycles. The van der Waals surface area contributed by atoms with Gasteiger partial charge in [-0.15, -0.1) is 0 Å². The van der Waals surface area contributed by atoms with Crippen molar-refractivity contribution in [2.75, 3.05) is 56.7 Å². The second-order valence-corrected chi connectivity index (χ2v) is 7.68. The van der Waals surface area contributed by atoms with E-state index in [4.69, 9.17) is 4.74 Å². The van der Waals surface area contributed by atoms with Crippen LogP contribution >= 0.6 is 11.8 Å². The number of carbonyl (C=O) groups excluding carboxylic acids is 1. The second kappa shape index (κ2) is 8.74. The van der Waals surface area contributed by atoms with Crippen molar-refractivity contribution in [2.24, 2.45) is 0 Å². The molecule has 1 N–H and O–H groups in total. The number of nitrogens with zero attached hydrogens (tertiary/aromatic N) is 2. The molecule has 132 valence electrons. The SMILES string of the molecule is CN(C(=O)Nc1ccc(CCN2CCSCC2)cc1)[C@H]1CCOC1. The molecule has 2 aliphatic heterocycles. The number of amides is 2. The smallest absolute Gasteiger partial charge is 0.321 e. The molecule has 0 aliphatic carbocycles. The maximum atomic E-state index is 12.3. The van der Waals surface area contributed by atoms with Crippen molar-refractivity contribution in [1.29, 1.82) is 0 Å². The van der Waals surface area contributed by atoms with Crippen LogP contribution in [0.15, 0.2) is 24.3 Å². The first-order valence-electron chi connectivity index (χ1n) is 8.73. The van der Waals surface area contributed by atoms with Crippen LogP contribution in [0.25, 0.3) is 0 Å². The van der Waals surface area contributed by atoms with Gasteiger partial charge in [0.05, 0.1) is 12.6 Å². The minimum absolute atomic E-state index is 0.0657. The molecule has 5 nitrogen and oxygen atoms in total. The first-order chi connectivity index (χ1) is 11.7. The number of benzene rings is 1. The average molecular weight is 350 g/mol. The number of thioether (sulfide) groups is 1. The summed E-state index contributed by atoms with van der Waals surface area (Å²) in [4.78, 5) is 16.5. The molecule has 1 aromatic carbocycles. The number of hydrogen-bond acceptors (Lipinski definition) is 4. The Balaban J connectivity index is 1.46. The maximum absolute atomic E-state index is 12.3. The minimum Gasteiger partial charge on any atom is -0.379 e. The molecular formula is C18H27N3O2S. The normalized spacial score (nSPS) is 21.6. The van der Waals surface area contributed by atoms with Gasteiger partial charge in [-0.3, -0.25) is 0 Å². The molecular weight excluding hydrogens is 322 g/mol. The van der Waals surface area contributed by atoms with E-state index in [1.807, 2.05) is 30.9 Å². The summed E-state index contributed by atoms with van der Waals surface area (Å²) in [6, 6.07) is 8.35. The summed E-state index contributed by atoms with van der Waals surface area (Å²) >= 11 is 2.05. The topological polar surface area (TPSA) is 44.8 Å². The number of hydrogen-bond donors (Lipinski definition) is 1. The van der Waals surface area contributed by atoms with E-state index in [9.17, 15) is 4.79 Å². The van der Waals surface area contributed by atoms with Gasteiger partial charge in [0.25, 0.3) is 0 Å². The van der Waals surface area contributed by atoms with Crippen LogP contribution in [0.3, 0.4) is 0 Å². The number of likely N-dealkylation sites (N-methyl/N-ethyl adjacent to an activating group) is 1. The van der Waals surface area contributed by atoms with Crippen molar-refractivity contribution in [3.8, 4) is 0 Å². The summed E-state index contributed by atoms with van der Waals surface area (Å²) in [5, 5.41) is 2.97. The first-order valence-corrected chi connectivity index (χ1v) is 9.88. The zero-order valence-electron chi connectivity index (χ0n) is 14.4. The summed E-state index contributed by atoms with van der Waals surface area (Å²) in [6.07, 6.45) is 1.98. The Kier molecular flexibility index (Phi) is 6.40. The van der Waals surface area contributed by atoms with Crippen molar-refractivity contribution >= 4 is 23.5 Å². The molecule has 2 saturated heterocycles. The molecule has 6 heteroatoms. The van der Waals surface area contributed by atoms with Gasteiger partial charge in [0.15, 0.2) is 0 Å². The Morgan fingerprint density at radius 2 is 2.08 bits per heavy atom. The lowest BCUT2D eigenvalue weighted by Crippen LogP contribution is -2.40. The van der Waals surface area contributed by atoms with Crippen molar-refractivity contribution < 1.29 is 9.53 Å². The van der Waals surface area contributed by atoms with Crippen LogP contribution in [-0.4, -0.2) is 73.3 Å². The molecule has 1 atom stereocenters. The van der Waals surface area contributed by atoms with E-state index in [-0.39, 0.29) is 12.1 Å². The Morgan fingerprint density at radius 1 is 1.33 bits per heavy atom. The van der Waals surface area contributed by atoms with E-state index >= 15 is 0 Å². The number of urea groups is 1. The maximum Gasteiger partial charge on any atom is 0.321 e. The van der Waals surface area contributed by atoms with Gasteiger partial charge in [-0.2, -0.15) is 11.8 Å². The third kappa shape index (κ3) is 4.88. The predicted octanol–water partition coefficient (Wildman–Crippen LogP) is 2.53. The van der Waals surface area contributed by atoms with Crippen molar-refractivity contribution in [3.63, 3.8) is 0 Å². The highest BCUT2D eigenvalue weighted by atomic mass is 32.2. The Labute approximate surface area is 148 Å². The van der Waals surface area contributed by atoms with Gasteiger partial charge >= 0.3 is 6.03 Å². The molecule has 2 fully saturated rings. The van der Waals surface area contributed by atoms with Gasteiger partial charge < -0.3 is 19.9 Å². The minimum atomic E-state index is -0.0657. The largest absolute Gasteiger partial charge is 0.379 e. The van der Waals surface area contributed by atoms with Crippen LogP contribution < -0.4 is 5.32 Å². The third-order valence-electron chi connectivity index (χ3n) is 4.80. The summed E-state index contributed by atoms with van der Waals surface area (Å²) in [7, 11) is 1.83. The van der Waals surface area contributed by atoms with E-state index in [2.05, 4.69) is 22.3 Å². The van der Waals surface area contributed by atoms with Crippen LogP contribution in [0.5, 0.6) is 0 Å². The fourth-order valence-corrected chi connectivity index (χ4v) is 4.05. The standard InChI is InChI=1S/C18H27N3O2S/c1-20(17-7-11-23-14-17)18(22)19-16-4-2-15(3-5-16)6-8-21-9-12-24-13-10-21/h2-5,17H,6-14H2,1H3,(H,19,22)/t17-/m0/s1. The van der Waals surface area contributed by atoms with Gasteiger partial charge in [0.2, 0.25) is 0 Å². The van der Waals surface area contributed by atoms with Crippen molar-refractivity contribution in [3.05, 3.63) is 29.8 Å². The highest BCUT2D eigenvalue weighted by Crippen LogP contribution is 2.15. The van der Waals surface area contributed by atoms with Crippen LogP contribution in [0.1, 0.15) is 12.0 Å². The molecule has 2 amide bonds. The monoisotopic (exact) mass is 349 g/mol. The number of nitrogens with one attached hydrogen (secondary N) is 1. The highest BCUT2D eigenvalue weighted by Gasteiger charge is 2.24. The quantitative estimate of drug-likeness (QED) is 0.887. The van der Waals surface area contributed by atoms with E-state index < -0.39 is 0 Å². The van der Waals surface area contributed by atoms with Gasteiger partial charge in [0, 0.05) is 50.5 Å². The van der Waals surface area contributed by atoms with Gasteiger partial charge in [-0.25, -0.2) is 4.79 Å². The Bertz CT molecular complexity index is 526. The second-order valence-electron chi connectivity index (χ2n) is 6.46. The molecule has 0 radical (unpaired) electrons. The molecule has 1 aromatic rings. The lowest BCUT2D eigenvalue weighted by molar-refractivity contribution is 0.164. The lowest BCUT2D eigenvalue weighted by atomic mass is 10.1. The third-order valence-corrected chi connectivity index (χ3v) is 5.74. The van der Waals surface area contributed by atoms with E-state index in [0.29, 0.717) is 6.61 Å². The van der Waals surface area contributed by atoms with Crippen LogP contribution in [0, 0.1) is 0 Å². The average Bonchev–Trinajstić information content (AvgIpc) is 3.16. The van der Waals surface area contributed by atoms with Crippen molar-refractivity contribution in [2.45, 2.75) is 18.9 Å². The molecule has 3 rings (SSSR count). The molecule has 24 heavy (non-hydrogen) atoms. The van der Waals surface area contributed by atoms with Crippen LogP contribution in [0.2, 0.25) is 0 Å².